The van der Waals surface area contributed by atoms with Crippen LogP contribution in [0.5, 0.6) is 0 Å². The standard InChI is InChI=1S/C9H9N3O/c10-8-1-2-9(11)7-5-12(13)4-3-6(7)8/h1-5,11,13H,10H2. The van der Waals surface area contributed by atoms with Gasteiger partial charge in [-0.05, 0) is 18.2 Å². The van der Waals surface area contributed by atoms with Gasteiger partial charge >= 0.3 is 0 Å². The van der Waals surface area contributed by atoms with Gasteiger partial charge in [0.2, 0.25) is 0 Å². The number of nitrogens with one attached hydrogen (secondary N) is 1. The quantitative estimate of drug-likeness (QED) is 0.411. The van der Waals surface area contributed by atoms with Crippen LogP contribution in [0.4, 0.5) is 5.69 Å². The first-order chi connectivity index (χ1) is 6.18. The molecule has 0 aromatic heterocycles. The van der Waals surface area contributed by atoms with Gasteiger partial charge in [-0.1, -0.05) is 0 Å². The van der Waals surface area contributed by atoms with Crippen molar-refractivity contribution < 1.29 is 5.21 Å². The third-order valence-corrected chi connectivity index (χ3v) is 1.98. The fourth-order valence-corrected chi connectivity index (χ4v) is 1.30. The number of pyridine rings is 1. The highest BCUT2D eigenvalue weighted by Gasteiger charge is 2.06. The van der Waals surface area contributed by atoms with Crippen molar-refractivity contribution in [2.24, 2.45) is 0 Å². The van der Waals surface area contributed by atoms with Crippen molar-refractivity contribution in [1.29, 1.82) is 5.41 Å². The van der Waals surface area contributed by atoms with Gasteiger partial charge in [-0.2, -0.15) is 0 Å². The zero-order valence-electron chi connectivity index (χ0n) is 6.86. The average molecular weight is 175 g/mol. The first-order valence-electron chi connectivity index (χ1n) is 3.83. The van der Waals surface area contributed by atoms with Crippen LogP contribution in [0.3, 0.4) is 0 Å². The first-order valence-corrected chi connectivity index (χ1v) is 3.83. The third-order valence-electron chi connectivity index (χ3n) is 1.98. The number of nitrogen functional groups attached to an aromatic ring is 1. The Kier molecular flexibility index (Phi) is 1.48. The fraction of sp³-hybridized carbons (Fsp3) is 0. The molecule has 1 aliphatic carbocycles. The Labute approximate surface area is 74.7 Å². The second-order valence-electron chi connectivity index (χ2n) is 2.85. The van der Waals surface area contributed by atoms with Gasteiger partial charge in [-0.15, -0.1) is 0 Å². The van der Waals surface area contributed by atoms with Crippen LogP contribution < -0.4 is 11.1 Å². The van der Waals surface area contributed by atoms with Gasteiger partial charge in [0.15, 0.2) is 0 Å². The summed E-state index contributed by atoms with van der Waals surface area (Å²) in [5.41, 5.74) is 7.75. The molecule has 0 unspecified atom stereocenters. The van der Waals surface area contributed by atoms with Crippen LogP contribution >= 0.6 is 0 Å². The SMILES string of the molecule is N=c1ccc(N)c2ccn(O)cc1-2. The summed E-state index contributed by atoms with van der Waals surface area (Å²) in [6.45, 7) is 0. The highest BCUT2D eigenvalue weighted by atomic mass is 16.5. The molecule has 0 fully saturated rings. The zero-order valence-corrected chi connectivity index (χ0v) is 6.86. The molecule has 4 N–H and O–H groups in total. The van der Waals surface area contributed by atoms with Crippen LogP contribution in [0.2, 0.25) is 0 Å². The minimum atomic E-state index is 0.354. The zero-order chi connectivity index (χ0) is 9.42. The summed E-state index contributed by atoms with van der Waals surface area (Å²) < 4.78 is 0.916. The molecular weight excluding hydrogens is 166 g/mol. The van der Waals surface area contributed by atoms with Crippen molar-refractivity contribution in [3.05, 3.63) is 36.0 Å². The maximum Gasteiger partial charge on any atom is 0.0635 e. The van der Waals surface area contributed by atoms with Crippen molar-refractivity contribution in [1.82, 2.24) is 4.73 Å². The van der Waals surface area contributed by atoms with E-state index < -0.39 is 0 Å². The maximum atomic E-state index is 9.14. The predicted molar refractivity (Wildman–Crippen MR) is 48.5 cm³/mol. The Morgan fingerprint density at radius 3 is 2.77 bits per heavy atom. The van der Waals surface area contributed by atoms with Gasteiger partial charge in [-0.25, -0.2) is 4.73 Å². The van der Waals surface area contributed by atoms with Crippen molar-refractivity contribution in [2.75, 3.05) is 5.73 Å². The van der Waals surface area contributed by atoms with Crippen LogP contribution in [0.15, 0.2) is 30.6 Å². The number of rotatable bonds is 0. The van der Waals surface area contributed by atoms with E-state index in [2.05, 4.69) is 0 Å². The third kappa shape index (κ3) is 1.12. The Balaban J connectivity index is 2.91. The van der Waals surface area contributed by atoms with Crippen molar-refractivity contribution in [2.45, 2.75) is 0 Å². The van der Waals surface area contributed by atoms with E-state index in [0.29, 0.717) is 16.6 Å². The Bertz CT molecular complexity index is 475. The maximum absolute atomic E-state index is 9.14. The van der Waals surface area contributed by atoms with Crippen LogP contribution in [0.25, 0.3) is 11.1 Å². The number of nitrogens with two attached hydrogens (primary N) is 1. The average Bonchev–Trinajstić information content (AvgIpc) is 2.12. The Morgan fingerprint density at radius 2 is 2.00 bits per heavy atom. The van der Waals surface area contributed by atoms with E-state index in [-0.39, 0.29) is 0 Å². The molecule has 13 heavy (non-hydrogen) atoms. The van der Waals surface area contributed by atoms with Gasteiger partial charge in [0, 0.05) is 23.0 Å². The second kappa shape index (κ2) is 2.52. The molecule has 4 heteroatoms. The predicted octanol–water partition coefficient (Wildman–Crippen LogP) is 0.892. The molecule has 2 aliphatic rings. The summed E-state index contributed by atoms with van der Waals surface area (Å²) in [5, 5.41) is 17.1. The number of nitrogens with zero attached hydrogens (tertiary/aromatic N) is 1. The molecule has 0 amide bonds. The molecule has 1 heterocycles. The highest BCUT2D eigenvalue weighted by molar-refractivity contribution is 5.76. The second-order valence-corrected chi connectivity index (χ2v) is 2.85. The molecule has 0 saturated carbocycles. The van der Waals surface area contributed by atoms with E-state index in [1.807, 2.05) is 0 Å². The van der Waals surface area contributed by atoms with E-state index in [9.17, 15) is 0 Å². The monoisotopic (exact) mass is 175 g/mol. The number of hydrogen-bond donors (Lipinski definition) is 3. The molecule has 4 nitrogen and oxygen atoms in total. The summed E-state index contributed by atoms with van der Waals surface area (Å²) in [7, 11) is 0. The number of anilines is 1. The molecule has 0 aromatic rings. The lowest BCUT2D eigenvalue weighted by atomic mass is 10.0. The minimum Gasteiger partial charge on any atom is -0.429 e. The van der Waals surface area contributed by atoms with E-state index in [1.54, 1.807) is 18.2 Å². The first kappa shape index (κ1) is 7.67. The lowest BCUT2D eigenvalue weighted by Crippen LogP contribution is -2.09. The van der Waals surface area contributed by atoms with Crippen LogP contribution in [0.1, 0.15) is 0 Å². The highest BCUT2D eigenvalue weighted by Crippen LogP contribution is 2.22. The van der Waals surface area contributed by atoms with Gasteiger partial charge in [-0.3, -0.25) is 0 Å². The van der Waals surface area contributed by atoms with Gasteiger partial charge in [0.05, 0.1) is 11.6 Å². The topological polar surface area (TPSA) is 75.0 Å². The molecule has 1 aliphatic heterocycles. The normalized spacial score (nSPS) is 10.5. The molecule has 0 bridgehead atoms. The summed E-state index contributed by atoms with van der Waals surface area (Å²) in [4.78, 5) is 0. The molecule has 66 valence electrons. The molecule has 0 spiro atoms. The molecular formula is C9H9N3O. The van der Waals surface area contributed by atoms with Crippen LogP contribution in [-0.2, 0) is 0 Å². The van der Waals surface area contributed by atoms with Gasteiger partial charge in [0.25, 0.3) is 0 Å². The molecule has 0 atom stereocenters. The summed E-state index contributed by atoms with van der Waals surface area (Å²) >= 11 is 0. The summed E-state index contributed by atoms with van der Waals surface area (Å²) in [6, 6.07) is 4.98. The van der Waals surface area contributed by atoms with E-state index in [0.717, 1.165) is 10.3 Å². The molecule has 2 rings (SSSR count). The molecule has 0 radical (unpaired) electrons. The number of aromatic nitrogens is 1. The molecule has 0 aromatic carbocycles. The Hall–Kier alpha value is -1.97. The van der Waals surface area contributed by atoms with Gasteiger partial charge < -0.3 is 16.4 Å². The number of fused-ring (bicyclic) bond motifs is 1. The number of benzene rings is 1. The van der Waals surface area contributed by atoms with E-state index >= 15 is 0 Å². The van der Waals surface area contributed by atoms with Crippen molar-refractivity contribution in [3.8, 4) is 11.1 Å². The van der Waals surface area contributed by atoms with Gasteiger partial charge in [0.1, 0.15) is 0 Å². The summed E-state index contributed by atoms with van der Waals surface area (Å²) in [5.74, 6) is 0. The fourth-order valence-electron chi connectivity index (χ4n) is 1.30. The van der Waals surface area contributed by atoms with Crippen molar-refractivity contribution >= 4 is 5.69 Å². The minimum absolute atomic E-state index is 0.354. The van der Waals surface area contributed by atoms with Crippen LogP contribution in [-0.4, -0.2) is 9.94 Å². The lowest BCUT2D eigenvalue weighted by Gasteiger charge is -2.09. The van der Waals surface area contributed by atoms with Crippen LogP contribution in [0, 0.1) is 5.41 Å². The van der Waals surface area contributed by atoms with E-state index in [4.69, 9.17) is 16.4 Å². The Morgan fingerprint density at radius 1 is 1.23 bits per heavy atom. The van der Waals surface area contributed by atoms with Crippen molar-refractivity contribution in [3.63, 3.8) is 0 Å². The largest absolute Gasteiger partial charge is 0.429 e. The van der Waals surface area contributed by atoms with E-state index in [1.165, 1.54) is 12.4 Å². The smallest absolute Gasteiger partial charge is 0.0635 e. The lowest BCUT2D eigenvalue weighted by molar-refractivity contribution is 0.184. The number of hydrogen-bond acceptors (Lipinski definition) is 3. The molecule has 0 saturated heterocycles. The summed E-state index contributed by atoms with van der Waals surface area (Å²) in [6.07, 6.45) is 2.95.